The molecule has 0 N–H and O–H groups in total. The molecule has 6 unspecified atom stereocenters. The van der Waals surface area contributed by atoms with Gasteiger partial charge in [-0.3, -0.25) is 4.57 Å². The molecule has 4 heterocycles. The molecule has 4 aromatic rings. The van der Waals surface area contributed by atoms with Crippen LogP contribution >= 0.6 is 0 Å². The molecule has 0 spiro atoms. The van der Waals surface area contributed by atoms with Crippen molar-refractivity contribution in [2.24, 2.45) is 33.5 Å². The van der Waals surface area contributed by atoms with E-state index in [0.717, 1.165) is 88.2 Å². The van der Waals surface area contributed by atoms with Crippen molar-refractivity contribution in [2.75, 3.05) is 9.80 Å². The van der Waals surface area contributed by atoms with Crippen molar-refractivity contribution < 1.29 is 4.42 Å². The molecule has 6 heteroatoms. The Kier molecular flexibility index (Phi) is 13.7. The molecule has 438 valence electrons. The summed E-state index contributed by atoms with van der Waals surface area (Å²) in [6.45, 7) is 31.1. The smallest absolute Gasteiger partial charge is 0.221 e. The van der Waals surface area contributed by atoms with Crippen molar-refractivity contribution in [3.8, 4) is 5.69 Å². The highest BCUT2D eigenvalue weighted by Crippen LogP contribution is 2.54. The fraction of sp³-hybridized carbons (Fsp3) is 0.443. The van der Waals surface area contributed by atoms with Gasteiger partial charge in [-0.2, -0.15) is 0 Å². The number of furan rings is 1. The first kappa shape index (κ1) is 56.2. The zero-order chi connectivity index (χ0) is 59.1. The summed E-state index contributed by atoms with van der Waals surface area (Å²) in [6.07, 6.45) is 57.3. The molecule has 85 heavy (non-hydrogen) atoms. The fourth-order valence-electron chi connectivity index (χ4n) is 16.8. The Hall–Kier alpha value is -6.66. The minimum atomic E-state index is 0.109. The van der Waals surface area contributed by atoms with Crippen LogP contribution in [0.15, 0.2) is 171 Å². The van der Waals surface area contributed by atoms with Crippen LogP contribution in [-0.4, -0.2) is 34.3 Å². The van der Waals surface area contributed by atoms with E-state index < -0.39 is 0 Å². The van der Waals surface area contributed by atoms with E-state index in [1.54, 1.807) is 11.0 Å². The second kappa shape index (κ2) is 20.8. The predicted molar refractivity (Wildman–Crippen MR) is 362 cm³/mol. The molecule has 2 aromatic carbocycles. The summed E-state index contributed by atoms with van der Waals surface area (Å²) >= 11 is 0. The molecule has 0 bridgehead atoms. The van der Waals surface area contributed by atoms with Gasteiger partial charge in [0.15, 0.2) is 0 Å². The Bertz CT molecular complexity index is 3960. The summed E-state index contributed by atoms with van der Waals surface area (Å²) in [6, 6.07) is 15.2. The van der Waals surface area contributed by atoms with Gasteiger partial charge in [0.1, 0.15) is 5.42 Å². The van der Waals surface area contributed by atoms with Crippen molar-refractivity contribution >= 4 is 58.5 Å². The summed E-state index contributed by atoms with van der Waals surface area (Å²) in [4.78, 5) is 8.58. The summed E-state index contributed by atoms with van der Waals surface area (Å²) in [5.74, 6) is 1.02. The predicted octanol–water partition coefficient (Wildman–Crippen LogP) is 18.2. The largest absolute Gasteiger partial charge is 0.439 e. The minimum Gasteiger partial charge on any atom is -0.439 e. The van der Waals surface area contributed by atoms with Gasteiger partial charge in [0, 0.05) is 80.7 Å². The van der Waals surface area contributed by atoms with E-state index in [0.29, 0.717) is 17.9 Å². The quantitative estimate of drug-likeness (QED) is 0.117. The molecule has 0 amide bonds. The van der Waals surface area contributed by atoms with E-state index in [2.05, 4.69) is 255 Å². The highest BCUT2D eigenvalue weighted by molar-refractivity contribution is 6.84. The van der Waals surface area contributed by atoms with Crippen LogP contribution in [0.1, 0.15) is 189 Å². The van der Waals surface area contributed by atoms with Gasteiger partial charge in [-0.05, 0) is 169 Å². The third kappa shape index (κ3) is 9.65. The first-order valence-corrected chi connectivity index (χ1v) is 33.0. The summed E-state index contributed by atoms with van der Waals surface area (Å²) in [5, 5.41) is 2.58. The number of rotatable bonds is 10. The van der Waals surface area contributed by atoms with Crippen LogP contribution in [0, 0.1) is 33.5 Å². The van der Waals surface area contributed by atoms with Crippen LogP contribution in [-0.2, 0) is 6.42 Å². The third-order valence-corrected chi connectivity index (χ3v) is 21.3. The van der Waals surface area contributed by atoms with E-state index in [1.165, 1.54) is 89.4 Å². The Morgan fingerprint density at radius 1 is 0.741 bits per heavy atom. The second-order valence-electron chi connectivity index (χ2n) is 30.9. The van der Waals surface area contributed by atoms with Crippen molar-refractivity contribution in [2.45, 2.75) is 191 Å². The minimum absolute atomic E-state index is 0.109. The number of fused-ring (bicyclic) bond motifs is 12. The highest BCUT2D eigenvalue weighted by Gasteiger charge is 2.54. The van der Waals surface area contributed by atoms with Gasteiger partial charge in [0.25, 0.3) is 0 Å². The van der Waals surface area contributed by atoms with E-state index >= 15 is 0 Å². The molecule has 14 rings (SSSR count). The lowest BCUT2D eigenvalue weighted by molar-refractivity contribution is 0.278. The number of nitrogens with zero attached hydrogens (tertiary/aromatic N) is 4. The molecule has 0 saturated carbocycles. The molecule has 2 aromatic heterocycles. The molecule has 0 fully saturated rings. The van der Waals surface area contributed by atoms with E-state index in [-0.39, 0.29) is 46.3 Å². The Balaban J connectivity index is 1.03. The molecule has 0 radical (unpaired) electrons. The first-order chi connectivity index (χ1) is 40.6. The lowest BCUT2D eigenvalue weighted by atomic mass is 9.27. The van der Waals surface area contributed by atoms with Gasteiger partial charge >= 0.3 is 0 Å². The Labute approximate surface area is 509 Å². The lowest BCUT2D eigenvalue weighted by Gasteiger charge is -2.54. The van der Waals surface area contributed by atoms with Crippen LogP contribution in [0.5, 0.6) is 0 Å². The Morgan fingerprint density at radius 3 is 2.16 bits per heavy atom. The molecule has 0 saturated heterocycles. The molecule has 8 aliphatic carbocycles. The van der Waals surface area contributed by atoms with Crippen molar-refractivity contribution in [3.63, 3.8) is 0 Å². The molecule has 6 atom stereocenters. The summed E-state index contributed by atoms with van der Waals surface area (Å²) in [5.41, 5.74) is 25.4. The summed E-state index contributed by atoms with van der Waals surface area (Å²) in [7, 11) is 0. The van der Waals surface area contributed by atoms with Crippen LogP contribution in [0.25, 0.3) is 40.6 Å². The average molecular weight is 1130 g/mol. The molecule has 5 nitrogen and oxygen atoms in total. The normalized spacial score (nSPS) is 24.3. The number of hydrogen-bond acceptors (Lipinski definition) is 4. The number of hydrogen-bond donors (Lipinski definition) is 0. The maximum absolute atomic E-state index is 7.31. The van der Waals surface area contributed by atoms with Crippen LogP contribution < -0.4 is 25.9 Å². The van der Waals surface area contributed by atoms with Crippen LogP contribution in [0.4, 0.5) is 11.4 Å². The first-order valence-electron chi connectivity index (χ1n) is 33.0. The van der Waals surface area contributed by atoms with Crippen LogP contribution in [0.2, 0.25) is 0 Å². The average Bonchev–Trinajstić information content (AvgIpc) is 1.85. The highest BCUT2D eigenvalue weighted by atomic mass is 16.3. The molecule has 10 aliphatic rings. The Morgan fingerprint density at radius 2 is 1.47 bits per heavy atom. The van der Waals surface area contributed by atoms with Crippen molar-refractivity contribution in [3.05, 3.63) is 200 Å². The van der Waals surface area contributed by atoms with Gasteiger partial charge in [-0.1, -0.05) is 210 Å². The van der Waals surface area contributed by atoms with Crippen LogP contribution in [0.3, 0.4) is 0 Å². The number of aromatic nitrogens is 1. The van der Waals surface area contributed by atoms with Crippen molar-refractivity contribution in [1.82, 2.24) is 9.47 Å². The molecule has 2 aliphatic heterocycles. The van der Waals surface area contributed by atoms with Gasteiger partial charge in [-0.15, -0.1) is 0 Å². The molecular weight excluding hydrogens is 1030 g/mol. The van der Waals surface area contributed by atoms with Gasteiger partial charge in [-0.25, -0.2) is 0 Å². The SMILES string of the molecule is CCC(C/C=C/C(C)(C)C)N(C1=CC=C(C(C)(C)C)CC1)C1=CC=C2B3c4c(cc(N(C5=CCC(C(C)(C)C)C=C5)C5=CC=C(C(C)(C)C)CC5)cc4-n4c5c(c6c7c(oc64)=CCCC=7)C=CCC35)N(C3C=CC=C4c5ccccc5CC43)C2C1. The second-order valence-corrected chi connectivity index (χ2v) is 30.9. The number of anilines is 2. The number of allylic oxidation sites excluding steroid dienone is 17. The zero-order valence-electron chi connectivity index (χ0n) is 53.6. The van der Waals surface area contributed by atoms with Gasteiger partial charge < -0.3 is 19.1 Å². The monoisotopic (exact) mass is 1120 g/mol. The van der Waals surface area contributed by atoms with Crippen molar-refractivity contribution in [1.29, 1.82) is 0 Å². The van der Waals surface area contributed by atoms with E-state index in [4.69, 9.17) is 4.42 Å². The fourth-order valence-corrected chi connectivity index (χ4v) is 16.8. The lowest BCUT2D eigenvalue weighted by Crippen LogP contribution is -2.62. The zero-order valence-corrected chi connectivity index (χ0v) is 53.6. The third-order valence-electron chi connectivity index (χ3n) is 21.3. The van der Waals surface area contributed by atoms with E-state index in [1.807, 2.05) is 0 Å². The topological polar surface area (TPSA) is 27.8 Å². The van der Waals surface area contributed by atoms with Gasteiger partial charge in [0.05, 0.1) is 11.4 Å². The maximum atomic E-state index is 7.31. The van der Waals surface area contributed by atoms with E-state index in [9.17, 15) is 0 Å². The number of benzene rings is 2. The molecular formula is C79H93BN4O. The maximum Gasteiger partial charge on any atom is 0.221 e. The standard InChI is InChI=1S/C79H93BN4O/c1-14-54(23-21-45-76(2,3)4)81(55-37-31-51(32-38-55)77(5,6)7)58-43-44-65-68(47-58)83(67-29-20-26-61-60-24-16-15-22-50(60)46-64(61)67)69-48-59(82(56-39-33-52(34-40-56)78(8,9)10)57-41-35-53(36-42-57)79(11,12)13)49-70-73(69)80(65)66-28-19-27-63-72-62-25-17-18-30-71(62)85-75(72)84(70)74(63)66/h15-16,19-22,24-27,29-31,33,35,37,39-41,43-45,48-49,52,54,64,66-68H,14,17-18,23,28,32,34,36,38,42,46-47H2,1-13H3/b45-21+. The van der Waals surface area contributed by atoms with Gasteiger partial charge in [0.2, 0.25) is 12.4 Å². The summed E-state index contributed by atoms with van der Waals surface area (Å²) < 4.78 is 9.97.